The third-order valence-corrected chi connectivity index (χ3v) is 4.66. The molecule has 2 N–H and O–H groups in total. The minimum Gasteiger partial charge on any atom is -0.484 e. The van der Waals surface area contributed by atoms with Crippen molar-refractivity contribution < 1.29 is 9.53 Å². The summed E-state index contributed by atoms with van der Waals surface area (Å²) in [6, 6.07) is 21.3. The number of carbonyl (C=O) groups excluding carboxylic acids is 1. The van der Waals surface area contributed by atoms with Crippen molar-refractivity contribution in [2.45, 2.75) is 13.8 Å². The second kappa shape index (κ2) is 7.56. The van der Waals surface area contributed by atoms with Crippen LogP contribution in [-0.2, 0) is 4.79 Å². The number of fused-ring (bicyclic) bond motifs is 1. The first kappa shape index (κ1) is 17.8. The molecule has 0 atom stereocenters. The molecular weight excluding hydrogens is 350 g/mol. The van der Waals surface area contributed by atoms with Crippen molar-refractivity contribution in [3.8, 4) is 17.1 Å². The normalized spacial score (nSPS) is 10.8. The number of aromatic nitrogens is 2. The van der Waals surface area contributed by atoms with Gasteiger partial charge in [0, 0.05) is 11.3 Å². The monoisotopic (exact) mass is 371 g/mol. The number of amides is 1. The van der Waals surface area contributed by atoms with Crippen molar-refractivity contribution in [3.63, 3.8) is 0 Å². The first-order valence-electron chi connectivity index (χ1n) is 9.13. The fourth-order valence-electron chi connectivity index (χ4n) is 2.98. The van der Waals surface area contributed by atoms with Gasteiger partial charge in [0.2, 0.25) is 0 Å². The summed E-state index contributed by atoms with van der Waals surface area (Å²) in [5.74, 6) is 1.25. The Morgan fingerprint density at radius 3 is 2.68 bits per heavy atom. The molecule has 5 heteroatoms. The molecule has 0 radical (unpaired) electrons. The summed E-state index contributed by atoms with van der Waals surface area (Å²) in [6.45, 7) is 4.02. The van der Waals surface area contributed by atoms with E-state index in [1.807, 2.05) is 80.6 Å². The molecule has 0 unspecified atom stereocenters. The highest BCUT2D eigenvalue weighted by Crippen LogP contribution is 2.23. The van der Waals surface area contributed by atoms with Gasteiger partial charge in [-0.15, -0.1) is 0 Å². The van der Waals surface area contributed by atoms with Gasteiger partial charge in [-0.25, -0.2) is 4.98 Å². The zero-order valence-electron chi connectivity index (χ0n) is 15.8. The number of hydrogen-bond acceptors (Lipinski definition) is 3. The van der Waals surface area contributed by atoms with Gasteiger partial charge in [0.05, 0.1) is 11.0 Å². The lowest BCUT2D eigenvalue weighted by Gasteiger charge is -2.09. The Bertz CT molecular complexity index is 1110. The number of aromatic amines is 1. The standard InChI is InChI=1S/C23H21N3O2/c1-15-10-11-19(12-16(15)2)28-14-22(27)24-18-7-5-6-17(13-18)23-25-20-8-3-4-9-21(20)26-23/h3-13H,14H2,1-2H3,(H,24,27)(H,25,26). The number of aryl methyl sites for hydroxylation is 2. The van der Waals surface area contributed by atoms with E-state index in [1.54, 1.807) is 0 Å². The smallest absolute Gasteiger partial charge is 0.262 e. The van der Waals surface area contributed by atoms with E-state index in [1.165, 1.54) is 5.56 Å². The lowest BCUT2D eigenvalue weighted by molar-refractivity contribution is -0.118. The van der Waals surface area contributed by atoms with E-state index >= 15 is 0 Å². The average Bonchev–Trinajstić information content (AvgIpc) is 3.13. The fraction of sp³-hybridized carbons (Fsp3) is 0.130. The molecule has 3 aromatic carbocycles. The van der Waals surface area contributed by atoms with Crippen molar-refractivity contribution in [2.75, 3.05) is 11.9 Å². The molecular formula is C23H21N3O2. The Labute approximate surface area is 163 Å². The molecule has 0 saturated heterocycles. The molecule has 28 heavy (non-hydrogen) atoms. The molecule has 4 aromatic rings. The summed E-state index contributed by atoms with van der Waals surface area (Å²) in [5.41, 5.74) is 5.83. The van der Waals surface area contributed by atoms with Crippen LogP contribution in [0.5, 0.6) is 5.75 Å². The van der Waals surface area contributed by atoms with Gasteiger partial charge < -0.3 is 15.0 Å². The van der Waals surface area contributed by atoms with Crippen LogP contribution in [0.2, 0.25) is 0 Å². The van der Waals surface area contributed by atoms with Gasteiger partial charge in [-0.1, -0.05) is 30.3 Å². The summed E-state index contributed by atoms with van der Waals surface area (Å²) < 4.78 is 5.60. The Balaban J connectivity index is 1.44. The van der Waals surface area contributed by atoms with Gasteiger partial charge in [-0.3, -0.25) is 4.79 Å². The second-order valence-corrected chi connectivity index (χ2v) is 6.77. The molecule has 0 aliphatic rings. The SMILES string of the molecule is Cc1ccc(OCC(=O)Nc2cccc(-c3nc4ccccc4[nH]3)c2)cc1C. The zero-order chi connectivity index (χ0) is 19.5. The van der Waals surface area contributed by atoms with Gasteiger partial charge >= 0.3 is 0 Å². The summed E-state index contributed by atoms with van der Waals surface area (Å²) in [6.07, 6.45) is 0. The van der Waals surface area contributed by atoms with Crippen LogP contribution >= 0.6 is 0 Å². The Hall–Kier alpha value is -3.60. The minimum absolute atomic E-state index is 0.0443. The molecule has 1 aromatic heterocycles. The maximum Gasteiger partial charge on any atom is 0.262 e. The van der Waals surface area contributed by atoms with E-state index in [0.717, 1.165) is 28.0 Å². The van der Waals surface area contributed by atoms with Crippen molar-refractivity contribution in [1.82, 2.24) is 9.97 Å². The quantitative estimate of drug-likeness (QED) is 0.526. The highest BCUT2D eigenvalue weighted by molar-refractivity contribution is 5.92. The molecule has 0 aliphatic carbocycles. The number of imidazole rings is 1. The van der Waals surface area contributed by atoms with Crippen LogP contribution in [-0.4, -0.2) is 22.5 Å². The van der Waals surface area contributed by atoms with Gasteiger partial charge in [0.25, 0.3) is 5.91 Å². The third kappa shape index (κ3) is 3.88. The second-order valence-electron chi connectivity index (χ2n) is 6.77. The number of nitrogens with zero attached hydrogens (tertiary/aromatic N) is 1. The fourth-order valence-corrected chi connectivity index (χ4v) is 2.98. The highest BCUT2D eigenvalue weighted by Gasteiger charge is 2.08. The van der Waals surface area contributed by atoms with Crippen molar-refractivity contribution in [1.29, 1.82) is 0 Å². The van der Waals surface area contributed by atoms with Gasteiger partial charge in [0.15, 0.2) is 6.61 Å². The largest absolute Gasteiger partial charge is 0.484 e. The number of carbonyl (C=O) groups is 1. The molecule has 5 nitrogen and oxygen atoms in total. The lowest BCUT2D eigenvalue weighted by atomic mass is 10.1. The zero-order valence-corrected chi connectivity index (χ0v) is 15.8. The summed E-state index contributed by atoms with van der Waals surface area (Å²) in [5, 5.41) is 2.88. The summed E-state index contributed by atoms with van der Waals surface area (Å²) in [4.78, 5) is 20.2. The predicted octanol–water partition coefficient (Wildman–Crippen LogP) is 4.86. The third-order valence-electron chi connectivity index (χ3n) is 4.66. The van der Waals surface area contributed by atoms with Crippen LogP contribution in [0.3, 0.4) is 0 Å². The number of ether oxygens (including phenoxy) is 1. The minimum atomic E-state index is -0.208. The summed E-state index contributed by atoms with van der Waals surface area (Å²) >= 11 is 0. The number of nitrogens with one attached hydrogen (secondary N) is 2. The molecule has 1 amide bonds. The Morgan fingerprint density at radius 2 is 1.86 bits per heavy atom. The molecule has 1 heterocycles. The van der Waals surface area contributed by atoms with Gasteiger partial charge in [-0.2, -0.15) is 0 Å². The van der Waals surface area contributed by atoms with E-state index in [4.69, 9.17) is 4.74 Å². The Morgan fingerprint density at radius 1 is 1.00 bits per heavy atom. The number of para-hydroxylation sites is 2. The topological polar surface area (TPSA) is 67.0 Å². The van der Waals surface area contributed by atoms with Crippen LogP contribution in [0.25, 0.3) is 22.4 Å². The van der Waals surface area contributed by atoms with Crippen molar-refractivity contribution >= 4 is 22.6 Å². The molecule has 0 fully saturated rings. The first-order chi connectivity index (χ1) is 13.6. The number of rotatable bonds is 5. The lowest BCUT2D eigenvalue weighted by Crippen LogP contribution is -2.20. The predicted molar refractivity (Wildman–Crippen MR) is 112 cm³/mol. The molecule has 0 saturated carbocycles. The Kier molecular flexibility index (Phi) is 4.81. The van der Waals surface area contributed by atoms with E-state index in [9.17, 15) is 4.79 Å². The van der Waals surface area contributed by atoms with E-state index in [-0.39, 0.29) is 12.5 Å². The molecule has 4 rings (SSSR count). The van der Waals surface area contributed by atoms with Crippen LogP contribution in [0.15, 0.2) is 66.7 Å². The molecule has 0 aliphatic heterocycles. The molecule has 140 valence electrons. The van der Waals surface area contributed by atoms with Crippen LogP contribution in [0, 0.1) is 13.8 Å². The van der Waals surface area contributed by atoms with Crippen molar-refractivity contribution in [3.05, 3.63) is 77.9 Å². The van der Waals surface area contributed by atoms with E-state index in [2.05, 4.69) is 15.3 Å². The van der Waals surface area contributed by atoms with Crippen LogP contribution < -0.4 is 10.1 Å². The van der Waals surface area contributed by atoms with Crippen molar-refractivity contribution in [2.24, 2.45) is 0 Å². The average molecular weight is 371 g/mol. The summed E-state index contributed by atoms with van der Waals surface area (Å²) in [7, 11) is 0. The van der Waals surface area contributed by atoms with E-state index in [0.29, 0.717) is 11.4 Å². The number of anilines is 1. The van der Waals surface area contributed by atoms with Crippen LogP contribution in [0.1, 0.15) is 11.1 Å². The highest BCUT2D eigenvalue weighted by atomic mass is 16.5. The van der Waals surface area contributed by atoms with Gasteiger partial charge in [-0.05, 0) is 61.4 Å². The van der Waals surface area contributed by atoms with Gasteiger partial charge in [0.1, 0.15) is 11.6 Å². The first-order valence-corrected chi connectivity index (χ1v) is 9.13. The van der Waals surface area contributed by atoms with Crippen LogP contribution in [0.4, 0.5) is 5.69 Å². The molecule has 0 spiro atoms. The number of benzene rings is 3. The molecule has 0 bridgehead atoms. The number of hydrogen-bond donors (Lipinski definition) is 2. The number of H-pyrrole nitrogens is 1. The van der Waals surface area contributed by atoms with E-state index < -0.39 is 0 Å². The maximum absolute atomic E-state index is 12.3. The maximum atomic E-state index is 12.3.